The van der Waals surface area contributed by atoms with Crippen LogP contribution in [0, 0.1) is 5.41 Å². The maximum absolute atomic E-state index is 11.5. The van der Waals surface area contributed by atoms with Crippen LogP contribution in [0.3, 0.4) is 0 Å². The quantitative estimate of drug-likeness (QED) is 0.631. The van der Waals surface area contributed by atoms with Crippen molar-refractivity contribution in [1.29, 1.82) is 0 Å². The Morgan fingerprint density at radius 3 is 2.58 bits per heavy atom. The summed E-state index contributed by atoms with van der Waals surface area (Å²) in [6.07, 6.45) is 3.11. The molecule has 0 saturated heterocycles. The van der Waals surface area contributed by atoms with Crippen LogP contribution >= 0.6 is 0 Å². The van der Waals surface area contributed by atoms with Crippen LogP contribution in [0.5, 0.6) is 0 Å². The van der Waals surface area contributed by atoms with Crippen LogP contribution in [-0.2, 0) is 4.79 Å². The average molecular weight is 170 g/mol. The van der Waals surface area contributed by atoms with E-state index in [9.17, 15) is 4.79 Å². The van der Waals surface area contributed by atoms with Crippen LogP contribution in [0.4, 0.5) is 0 Å². The van der Waals surface area contributed by atoms with Gasteiger partial charge in [0.15, 0.2) is 0 Å². The van der Waals surface area contributed by atoms with Crippen molar-refractivity contribution in [3.05, 3.63) is 0 Å². The van der Waals surface area contributed by atoms with Gasteiger partial charge in [0.25, 0.3) is 0 Å². The lowest BCUT2D eigenvalue weighted by molar-refractivity contribution is -0.126. The molecule has 0 aromatic carbocycles. The number of carbonyl (C=O) groups excluding carboxylic acids is 1. The predicted octanol–water partition coefficient (Wildman–Crippen LogP) is 0.512. The lowest BCUT2D eigenvalue weighted by Gasteiger charge is -2.13. The molecule has 3 nitrogen and oxygen atoms in total. The molecule has 3 heteroatoms. The molecule has 70 valence electrons. The highest BCUT2D eigenvalue weighted by atomic mass is 16.2. The molecule has 1 aliphatic rings. The Labute approximate surface area is 73.9 Å². The van der Waals surface area contributed by atoms with E-state index in [-0.39, 0.29) is 11.3 Å². The number of hydrogen-bond donors (Lipinski definition) is 2. The van der Waals surface area contributed by atoms with Gasteiger partial charge in [0, 0.05) is 13.1 Å². The molecular formula is C9H18N2O. The van der Waals surface area contributed by atoms with Gasteiger partial charge < -0.3 is 10.6 Å². The van der Waals surface area contributed by atoms with E-state index in [0.717, 1.165) is 32.4 Å². The first-order valence-corrected chi connectivity index (χ1v) is 4.68. The number of nitrogens with one attached hydrogen (secondary N) is 2. The van der Waals surface area contributed by atoms with Crippen molar-refractivity contribution in [3.8, 4) is 0 Å². The van der Waals surface area contributed by atoms with Crippen LogP contribution in [0.2, 0.25) is 0 Å². The monoisotopic (exact) mass is 170 g/mol. The van der Waals surface area contributed by atoms with Crippen molar-refractivity contribution in [1.82, 2.24) is 10.6 Å². The molecular weight excluding hydrogens is 152 g/mol. The lowest BCUT2D eigenvalue weighted by atomic mass is 10.1. The highest BCUT2D eigenvalue weighted by Gasteiger charge is 2.48. The van der Waals surface area contributed by atoms with Gasteiger partial charge in [-0.3, -0.25) is 4.79 Å². The molecule has 1 aliphatic carbocycles. The third-order valence-corrected chi connectivity index (χ3v) is 2.39. The first kappa shape index (κ1) is 9.52. The fraction of sp³-hybridized carbons (Fsp3) is 0.889. The Hall–Kier alpha value is -0.570. The van der Waals surface area contributed by atoms with E-state index in [4.69, 9.17) is 0 Å². The summed E-state index contributed by atoms with van der Waals surface area (Å²) in [7, 11) is 1.90. The van der Waals surface area contributed by atoms with Crippen LogP contribution in [0.1, 0.15) is 26.2 Å². The van der Waals surface area contributed by atoms with Gasteiger partial charge in [-0.15, -0.1) is 0 Å². The van der Waals surface area contributed by atoms with Crippen molar-refractivity contribution >= 4 is 5.91 Å². The van der Waals surface area contributed by atoms with E-state index in [2.05, 4.69) is 17.6 Å². The predicted molar refractivity (Wildman–Crippen MR) is 48.9 cm³/mol. The van der Waals surface area contributed by atoms with Crippen LogP contribution in [-0.4, -0.2) is 26.0 Å². The van der Waals surface area contributed by atoms with E-state index >= 15 is 0 Å². The van der Waals surface area contributed by atoms with Crippen molar-refractivity contribution in [2.24, 2.45) is 5.41 Å². The van der Waals surface area contributed by atoms with E-state index < -0.39 is 0 Å². The molecule has 0 unspecified atom stereocenters. The summed E-state index contributed by atoms with van der Waals surface area (Å²) in [6.45, 7) is 3.70. The number of carbonyl (C=O) groups is 1. The first-order chi connectivity index (χ1) is 5.75. The third kappa shape index (κ3) is 1.97. The van der Waals surface area contributed by atoms with Crippen molar-refractivity contribution in [2.75, 3.05) is 20.1 Å². The second-order valence-corrected chi connectivity index (χ2v) is 3.57. The minimum atomic E-state index is -0.0517. The van der Waals surface area contributed by atoms with Crippen molar-refractivity contribution < 1.29 is 4.79 Å². The molecule has 2 N–H and O–H groups in total. The zero-order chi connectivity index (χ0) is 9.03. The Morgan fingerprint density at radius 2 is 2.17 bits per heavy atom. The van der Waals surface area contributed by atoms with Gasteiger partial charge in [0.2, 0.25) is 5.91 Å². The SMILES string of the molecule is CCCNC(=O)C1(CNC)CC1. The third-order valence-electron chi connectivity index (χ3n) is 2.39. The average Bonchev–Trinajstić information content (AvgIpc) is 2.82. The van der Waals surface area contributed by atoms with Gasteiger partial charge in [-0.2, -0.15) is 0 Å². The molecule has 1 rings (SSSR count). The minimum Gasteiger partial charge on any atom is -0.356 e. The summed E-state index contributed by atoms with van der Waals surface area (Å²) in [5.74, 6) is 0.235. The maximum atomic E-state index is 11.5. The Bertz CT molecular complexity index is 164. The fourth-order valence-electron chi connectivity index (χ4n) is 1.40. The Morgan fingerprint density at radius 1 is 1.50 bits per heavy atom. The van der Waals surface area contributed by atoms with Gasteiger partial charge in [0.1, 0.15) is 0 Å². The number of amides is 1. The number of rotatable bonds is 5. The molecule has 1 saturated carbocycles. The summed E-state index contributed by atoms with van der Waals surface area (Å²) >= 11 is 0. The van der Waals surface area contributed by atoms with Crippen LogP contribution < -0.4 is 10.6 Å². The molecule has 0 aromatic heterocycles. The molecule has 0 aliphatic heterocycles. The van der Waals surface area contributed by atoms with Crippen molar-refractivity contribution in [3.63, 3.8) is 0 Å². The molecule has 0 spiro atoms. The van der Waals surface area contributed by atoms with Gasteiger partial charge in [0.05, 0.1) is 5.41 Å². The Kier molecular flexibility index (Phi) is 3.09. The summed E-state index contributed by atoms with van der Waals surface area (Å²) in [5.41, 5.74) is -0.0517. The standard InChI is InChI=1S/C9H18N2O/c1-3-6-11-8(12)9(4-5-9)7-10-2/h10H,3-7H2,1-2H3,(H,11,12). The molecule has 0 bridgehead atoms. The van der Waals surface area contributed by atoms with E-state index in [1.807, 2.05) is 7.05 Å². The topological polar surface area (TPSA) is 41.1 Å². The molecule has 1 fully saturated rings. The highest BCUT2D eigenvalue weighted by molar-refractivity contribution is 5.85. The van der Waals surface area contributed by atoms with Crippen molar-refractivity contribution in [2.45, 2.75) is 26.2 Å². The summed E-state index contributed by atoms with van der Waals surface area (Å²) in [6, 6.07) is 0. The zero-order valence-corrected chi connectivity index (χ0v) is 7.94. The van der Waals surface area contributed by atoms with Gasteiger partial charge in [-0.25, -0.2) is 0 Å². The highest BCUT2D eigenvalue weighted by Crippen LogP contribution is 2.45. The van der Waals surface area contributed by atoms with E-state index in [1.54, 1.807) is 0 Å². The fourth-order valence-corrected chi connectivity index (χ4v) is 1.40. The molecule has 1 amide bonds. The Balaban J connectivity index is 2.30. The second kappa shape index (κ2) is 3.90. The molecule has 12 heavy (non-hydrogen) atoms. The summed E-state index contributed by atoms with van der Waals surface area (Å²) in [4.78, 5) is 11.5. The summed E-state index contributed by atoms with van der Waals surface area (Å²) < 4.78 is 0. The number of hydrogen-bond acceptors (Lipinski definition) is 2. The lowest BCUT2D eigenvalue weighted by Crippen LogP contribution is -2.37. The normalized spacial score (nSPS) is 18.8. The maximum Gasteiger partial charge on any atom is 0.227 e. The van der Waals surface area contributed by atoms with E-state index in [0.29, 0.717) is 0 Å². The van der Waals surface area contributed by atoms with Crippen LogP contribution in [0.15, 0.2) is 0 Å². The minimum absolute atomic E-state index is 0.0517. The molecule has 0 heterocycles. The first-order valence-electron chi connectivity index (χ1n) is 4.68. The zero-order valence-electron chi connectivity index (χ0n) is 7.94. The largest absolute Gasteiger partial charge is 0.356 e. The molecule has 0 aromatic rings. The summed E-state index contributed by atoms with van der Waals surface area (Å²) in [5, 5.41) is 6.01. The van der Waals surface area contributed by atoms with Crippen LogP contribution in [0.25, 0.3) is 0 Å². The smallest absolute Gasteiger partial charge is 0.227 e. The van der Waals surface area contributed by atoms with Gasteiger partial charge in [-0.1, -0.05) is 6.92 Å². The van der Waals surface area contributed by atoms with E-state index in [1.165, 1.54) is 0 Å². The second-order valence-electron chi connectivity index (χ2n) is 3.57. The van der Waals surface area contributed by atoms with Gasteiger partial charge in [-0.05, 0) is 26.3 Å². The van der Waals surface area contributed by atoms with Gasteiger partial charge >= 0.3 is 0 Å². The molecule has 0 radical (unpaired) electrons. The molecule has 0 atom stereocenters.